The number of benzene rings is 1. The van der Waals surface area contributed by atoms with Crippen LogP contribution in [0.3, 0.4) is 0 Å². The van der Waals surface area contributed by atoms with Gasteiger partial charge in [0.15, 0.2) is 0 Å². The van der Waals surface area contributed by atoms with Crippen LogP contribution >= 0.6 is 38.5 Å². The maximum absolute atomic E-state index is 10.2. The van der Waals surface area contributed by atoms with E-state index in [0.29, 0.717) is 0 Å². The zero-order valence-electron chi connectivity index (χ0n) is 8.50. The Hall–Kier alpha value is 0.190. The molecule has 2 rings (SSSR count). The number of halogens is 2. The highest BCUT2D eigenvalue weighted by atomic mass is 127. The van der Waals surface area contributed by atoms with E-state index < -0.39 is 6.10 Å². The Morgan fingerprint density at radius 2 is 2.13 bits per heavy atom. The number of hydrogen-bond donors (Lipinski definition) is 1. The van der Waals surface area contributed by atoms with Crippen LogP contribution in [-0.2, 0) is 0 Å². The van der Waals surface area contributed by atoms with Crippen molar-refractivity contribution in [3.8, 4) is 5.75 Å². The van der Waals surface area contributed by atoms with Crippen LogP contribution in [0.25, 0.3) is 0 Å². The average molecular weight is 383 g/mol. The molecule has 0 amide bonds. The summed E-state index contributed by atoms with van der Waals surface area (Å²) in [6.45, 7) is 3.94. The Balaban J connectivity index is 2.50. The van der Waals surface area contributed by atoms with E-state index in [1.165, 1.54) is 0 Å². The number of alkyl halides is 1. The molecule has 0 radical (unpaired) electrons. The Morgan fingerprint density at radius 1 is 1.47 bits per heavy atom. The molecule has 0 spiro atoms. The van der Waals surface area contributed by atoms with Gasteiger partial charge in [-0.2, -0.15) is 0 Å². The Kier molecular flexibility index (Phi) is 3.03. The van der Waals surface area contributed by atoms with Gasteiger partial charge in [0.25, 0.3) is 0 Å². The van der Waals surface area contributed by atoms with Crippen molar-refractivity contribution in [1.29, 1.82) is 0 Å². The van der Waals surface area contributed by atoms with Crippen LogP contribution in [0.2, 0.25) is 0 Å². The van der Waals surface area contributed by atoms with E-state index in [2.05, 4.69) is 38.5 Å². The van der Waals surface area contributed by atoms with Crippen LogP contribution in [0.15, 0.2) is 18.2 Å². The second-order valence-corrected chi connectivity index (χ2v) is 6.47. The summed E-state index contributed by atoms with van der Waals surface area (Å²) in [4.78, 5) is -0.0873. The van der Waals surface area contributed by atoms with Crippen molar-refractivity contribution in [1.82, 2.24) is 0 Å². The molecule has 0 aliphatic carbocycles. The molecule has 0 fully saturated rings. The number of fused-ring (bicyclic) bond motifs is 1. The molecule has 2 nitrogen and oxygen atoms in total. The molecule has 82 valence electrons. The average Bonchev–Trinajstić information content (AvgIpc) is 2.16. The first-order chi connectivity index (χ1) is 6.92. The first-order valence-corrected chi connectivity index (χ1v) is 6.72. The molecule has 0 unspecified atom stereocenters. The molecule has 0 saturated heterocycles. The van der Waals surface area contributed by atoms with Gasteiger partial charge in [-0.05, 0) is 54.6 Å². The molecule has 1 aromatic rings. The molecule has 1 N–H and O–H groups in total. The fourth-order valence-corrected chi connectivity index (χ4v) is 2.61. The normalized spacial score (nSPS) is 28.1. The number of rotatable bonds is 0. The van der Waals surface area contributed by atoms with Crippen LogP contribution in [-0.4, -0.2) is 15.5 Å². The van der Waals surface area contributed by atoms with Crippen molar-refractivity contribution in [3.05, 3.63) is 27.3 Å². The van der Waals surface area contributed by atoms with Crippen LogP contribution in [0.4, 0.5) is 0 Å². The van der Waals surface area contributed by atoms with Crippen LogP contribution in [0, 0.1) is 3.57 Å². The minimum atomic E-state index is -0.515. The van der Waals surface area contributed by atoms with Crippen LogP contribution in [0.5, 0.6) is 5.75 Å². The summed E-state index contributed by atoms with van der Waals surface area (Å²) in [5.74, 6) is 0.781. The van der Waals surface area contributed by atoms with Crippen molar-refractivity contribution in [3.63, 3.8) is 0 Å². The minimum Gasteiger partial charge on any atom is -0.486 e. The molecular weight excluding hydrogens is 371 g/mol. The van der Waals surface area contributed by atoms with Gasteiger partial charge >= 0.3 is 0 Å². The third-order valence-electron chi connectivity index (χ3n) is 2.60. The smallest absolute Gasteiger partial charge is 0.126 e. The van der Waals surface area contributed by atoms with Crippen molar-refractivity contribution >= 4 is 38.5 Å². The second kappa shape index (κ2) is 3.89. The van der Waals surface area contributed by atoms with Crippen molar-refractivity contribution < 1.29 is 9.84 Å². The Morgan fingerprint density at radius 3 is 2.80 bits per heavy atom. The van der Waals surface area contributed by atoms with Gasteiger partial charge < -0.3 is 9.84 Å². The predicted octanol–water partition coefficient (Wildman–Crippen LogP) is 3.26. The maximum Gasteiger partial charge on any atom is 0.126 e. The molecule has 0 saturated carbocycles. The van der Waals surface area contributed by atoms with Crippen molar-refractivity contribution in [2.75, 3.05) is 0 Å². The molecule has 2 atom stereocenters. The maximum atomic E-state index is 10.2. The molecule has 4 heteroatoms. The van der Waals surface area contributed by atoms with Crippen LogP contribution in [0.1, 0.15) is 25.5 Å². The van der Waals surface area contributed by atoms with Gasteiger partial charge in [0.2, 0.25) is 0 Å². The lowest BCUT2D eigenvalue weighted by atomic mass is 9.92. The lowest BCUT2D eigenvalue weighted by Gasteiger charge is -2.40. The zero-order chi connectivity index (χ0) is 11.2. The fraction of sp³-hybridized carbons (Fsp3) is 0.455. The number of aliphatic hydroxyl groups is 1. The highest BCUT2D eigenvalue weighted by molar-refractivity contribution is 14.1. The van der Waals surface area contributed by atoms with E-state index in [1.54, 1.807) is 0 Å². The standard InChI is InChI=1S/C11H12BrIO2/c1-11(2)10(12)9(14)7-5-6(13)3-4-8(7)15-11/h3-5,9-10,14H,1-2H3/t9-,10+/m1/s1. The molecule has 1 aliphatic heterocycles. The van der Waals surface area contributed by atoms with Gasteiger partial charge in [-0.3, -0.25) is 0 Å². The van der Waals surface area contributed by atoms with Gasteiger partial charge in [0, 0.05) is 9.13 Å². The van der Waals surface area contributed by atoms with Crippen molar-refractivity contribution in [2.45, 2.75) is 30.4 Å². The quantitative estimate of drug-likeness (QED) is 0.551. The van der Waals surface area contributed by atoms with Gasteiger partial charge in [0.1, 0.15) is 11.4 Å². The monoisotopic (exact) mass is 382 g/mol. The number of hydrogen-bond acceptors (Lipinski definition) is 2. The van der Waals surface area contributed by atoms with Gasteiger partial charge in [-0.15, -0.1) is 0 Å². The molecule has 15 heavy (non-hydrogen) atoms. The predicted molar refractivity (Wildman–Crippen MR) is 71.5 cm³/mol. The highest BCUT2D eigenvalue weighted by Gasteiger charge is 2.41. The van der Waals surface area contributed by atoms with E-state index in [9.17, 15) is 5.11 Å². The highest BCUT2D eigenvalue weighted by Crippen LogP contribution is 2.43. The summed E-state index contributed by atoms with van der Waals surface area (Å²) in [5.41, 5.74) is 0.474. The molecule has 1 aromatic carbocycles. The summed E-state index contributed by atoms with van der Waals surface area (Å²) < 4.78 is 6.95. The summed E-state index contributed by atoms with van der Waals surface area (Å²) in [6, 6.07) is 5.86. The number of ether oxygens (including phenoxy) is 1. The minimum absolute atomic E-state index is 0.0873. The van der Waals surface area contributed by atoms with E-state index in [-0.39, 0.29) is 10.4 Å². The van der Waals surface area contributed by atoms with E-state index in [0.717, 1.165) is 14.9 Å². The van der Waals surface area contributed by atoms with Gasteiger partial charge in [-0.25, -0.2) is 0 Å². The first-order valence-electron chi connectivity index (χ1n) is 4.72. The second-order valence-electron chi connectivity index (χ2n) is 4.23. The lowest BCUT2D eigenvalue weighted by molar-refractivity contribution is 0.0225. The SMILES string of the molecule is CC1(C)Oc2ccc(I)cc2[C@@H](O)[C@@H]1Br. The lowest BCUT2D eigenvalue weighted by Crippen LogP contribution is -2.45. The van der Waals surface area contributed by atoms with Gasteiger partial charge in [0.05, 0.1) is 10.9 Å². The summed E-state index contributed by atoms with van der Waals surface area (Å²) in [5, 5.41) is 10.2. The third-order valence-corrected chi connectivity index (χ3v) is 4.88. The zero-order valence-corrected chi connectivity index (χ0v) is 12.2. The topological polar surface area (TPSA) is 29.5 Å². The van der Waals surface area contributed by atoms with E-state index >= 15 is 0 Å². The molecule has 0 aromatic heterocycles. The van der Waals surface area contributed by atoms with E-state index in [4.69, 9.17) is 4.74 Å². The number of aliphatic hydroxyl groups excluding tert-OH is 1. The Bertz CT molecular complexity index is 392. The van der Waals surface area contributed by atoms with Crippen molar-refractivity contribution in [2.24, 2.45) is 0 Å². The molecular formula is C11H12BrIO2. The molecule has 0 bridgehead atoms. The first kappa shape index (κ1) is 11.7. The van der Waals surface area contributed by atoms with E-state index in [1.807, 2.05) is 32.0 Å². The third kappa shape index (κ3) is 2.03. The van der Waals surface area contributed by atoms with Gasteiger partial charge in [-0.1, -0.05) is 15.9 Å². The fourth-order valence-electron chi connectivity index (χ4n) is 1.72. The van der Waals surface area contributed by atoms with Crippen LogP contribution < -0.4 is 4.74 Å². The Labute approximate surface area is 111 Å². The molecule has 1 heterocycles. The summed E-state index contributed by atoms with van der Waals surface area (Å²) >= 11 is 5.72. The molecule has 1 aliphatic rings. The largest absolute Gasteiger partial charge is 0.486 e. The summed E-state index contributed by atoms with van der Waals surface area (Å²) in [6.07, 6.45) is -0.515. The summed E-state index contributed by atoms with van der Waals surface area (Å²) in [7, 11) is 0.